The van der Waals surface area contributed by atoms with Crippen LogP contribution < -0.4 is 4.74 Å². The van der Waals surface area contributed by atoms with Gasteiger partial charge in [0.1, 0.15) is 11.1 Å². The molecule has 4 nitrogen and oxygen atoms in total. The first kappa shape index (κ1) is 18.1. The van der Waals surface area contributed by atoms with E-state index in [9.17, 15) is 4.79 Å². The molecule has 0 bridgehead atoms. The molecule has 5 heteroatoms. The second kappa shape index (κ2) is 8.06. The van der Waals surface area contributed by atoms with Gasteiger partial charge in [-0.3, -0.25) is 9.69 Å². The van der Waals surface area contributed by atoms with E-state index in [1.165, 1.54) is 5.56 Å². The molecule has 128 valence electrons. The van der Waals surface area contributed by atoms with Crippen LogP contribution in [0, 0.1) is 0 Å². The number of carbonyl (C=O) groups is 1. The lowest BCUT2D eigenvalue weighted by Gasteiger charge is -2.33. The number of benzene rings is 1. The molecule has 0 aliphatic carbocycles. The van der Waals surface area contributed by atoms with Gasteiger partial charge in [-0.1, -0.05) is 12.1 Å². The van der Waals surface area contributed by atoms with Gasteiger partial charge in [-0.15, -0.1) is 11.8 Å². The smallest absolute Gasteiger partial charge is 0.233 e. The zero-order chi connectivity index (χ0) is 17.0. The average Bonchev–Trinajstić information content (AvgIpc) is 2.88. The predicted molar refractivity (Wildman–Crippen MR) is 96.9 cm³/mol. The first-order valence-electron chi connectivity index (χ1n) is 8.24. The van der Waals surface area contributed by atoms with Crippen molar-refractivity contribution >= 4 is 17.7 Å². The number of amides is 1. The summed E-state index contributed by atoms with van der Waals surface area (Å²) in [7, 11) is 1.67. The van der Waals surface area contributed by atoms with Crippen molar-refractivity contribution in [3.05, 3.63) is 29.8 Å². The van der Waals surface area contributed by atoms with Crippen molar-refractivity contribution in [3.8, 4) is 5.75 Å². The Hall–Kier alpha value is -1.20. The minimum absolute atomic E-state index is 0.120. The zero-order valence-corrected chi connectivity index (χ0v) is 15.6. The van der Waals surface area contributed by atoms with E-state index in [2.05, 4.69) is 44.7 Å². The van der Waals surface area contributed by atoms with Crippen LogP contribution >= 0.6 is 11.8 Å². The Balaban J connectivity index is 2.07. The number of rotatable bonds is 7. The first-order valence-corrected chi connectivity index (χ1v) is 9.29. The van der Waals surface area contributed by atoms with E-state index in [0.717, 1.165) is 18.8 Å². The van der Waals surface area contributed by atoms with Crippen molar-refractivity contribution < 1.29 is 9.53 Å². The summed E-state index contributed by atoms with van der Waals surface area (Å²) < 4.78 is 5.22. The monoisotopic (exact) mass is 336 g/mol. The number of methoxy groups -OCH3 is 1. The Kier molecular flexibility index (Phi) is 6.36. The maximum Gasteiger partial charge on any atom is 0.233 e. The summed E-state index contributed by atoms with van der Waals surface area (Å²) in [6.07, 6.45) is 0. The van der Waals surface area contributed by atoms with Gasteiger partial charge in [-0.05, 0) is 45.4 Å². The summed E-state index contributed by atoms with van der Waals surface area (Å²) in [4.78, 5) is 16.7. The lowest BCUT2D eigenvalue weighted by atomic mass is 10.2. The summed E-state index contributed by atoms with van der Waals surface area (Å²) in [5.74, 6) is 1.66. The molecule has 1 saturated heterocycles. The van der Waals surface area contributed by atoms with Crippen LogP contribution in [-0.2, 0) is 4.79 Å². The maximum atomic E-state index is 12.3. The fourth-order valence-corrected chi connectivity index (χ4v) is 4.30. The van der Waals surface area contributed by atoms with Crippen molar-refractivity contribution in [2.24, 2.45) is 0 Å². The third-order valence-corrected chi connectivity index (χ3v) is 5.55. The third-order valence-electron chi connectivity index (χ3n) is 4.29. The number of carbonyl (C=O) groups excluding carboxylic acids is 1. The molecule has 1 aromatic carbocycles. The van der Waals surface area contributed by atoms with Gasteiger partial charge in [0.05, 0.1) is 12.9 Å². The lowest BCUT2D eigenvalue weighted by molar-refractivity contribution is -0.128. The Morgan fingerprint density at radius 3 is 2.35 bits per heavy atom. The molecule has 1 atom stereocenters. The van der Waals surface area contributed by atoms with Crippen molar-refractivity contribution in [2.75, 3.05) is 26.0 Å². The lowest BCUT2D eigenvalue weighted by Crippen LogP contribution is -2.43. The van der Waals surface area contributed by atoms with Gasteiger partial charge in [0, 0.05) is 25.2 Å². The summed E-state index contributed by atoms with van der Waals surface area (Å²) in [6, 6.07) is 9.02. The third kappa shape index (κ3) is 4.42. The normalized spacial score (nSPS) is 18.5. The SMILES string of the molecule is COc1ccc(C2SCC(=O)N2CCN(C(C)C)C(C)C)cc1. The van der Waals surface area contributed by atoms with Crippen LogP contribution in [0.4, 0.5) is 0 Å². The van der Waals surface area contributed by atoms with Crippen LogP contribution in [0.25, 0.3) is 0 Å². The Morgan fingerprint density at radius 2 is 1.83 bits per heavy atom. The topological polar surface area (TPSA) is 32.8 Å². The highest BCUT2D eigenvalue weighted by Crippen LogP contribution is 2.38. The molecule has 0 saturated carbocycles. The molecule has 0 N–H and O–H groups in total. The molecule has 2 rings (SSSR count). The molecule has 1 fully saturated rings. The van der Waals surface area contributed by atoms with E-state index < -0.39 is 0 Å². The fraction of sp³-hybridized carbons (Fsp3) is 0.611. The summed E-state index contributed by atoms with van der Waals surface area (Å²) in [5, 5.41) is 0.120. The Labute approximate surface area is 144 Å². The van der Waals surface area contributed by atoms with Crippen LogP contribution in [0.1, 0.15) is 38.6 Å². The molecule has 0 aromatic heterocycles. The van der Waals surface area contributed by atoms with E-state index >= 15 is 0 Å². The summed E-state index contributed by atoms with van der Waals surface area (Å²) in [5.41, 5.74) is 1.17. The number of ether oxygens (including phenoxy) is 1. The van der Waals surface area contributed by atoms with Gasteiger partial charge in [0.2, 0.25) is 5.91 Å². The van der Waals surface area contributed by atoms with Gasteiger partial charge in [-0.25, -0.2) is 0 Å². The van der Waals surface area contributed by atoms with Gasteiger partial charge < -0.3 is 9.64 Å². The molecule has 23 heavy (non-hydrogen) atoms. The molecule has 0 spiro atoms. The van der Waals surface area contributed by atoms with Crippen LogP contribution in [0.2, 0.25) is 0 Å². The molecule has 1 aliphatic heterocycles. The predicted octanol–water partition coefficient (Wildman–Crippen LogP) is 3.39. The molecule has 1 heterocycles. The highest BCUT2D eigenvalue weighted by atomic mass is 32.2. The van der Waals surface area contributed by atoms with Crippen LogP contribution in [0.5, 0.6) is 5.75 Å². The first-order chi connectivity index (χ1) is 10.9. The van der Waals surface area contributed by atoms with E-state index in [0.29, 0.717) is 17.8 Å². The number of hydrogen-bond donors (Lipinski definition) is 0. The van der Waals surface area contributed by atoms with Crippen LogP contribution in [0.15, 0.2) is 24.3 Å². The van der Waals surface area contributed by atoms with E-state index in [4.69, 9.17) is 4.74 Å². The Morgan fingerprint density at radius 1 is 1.22 bits per heavy atom. The second-order valence-corrected chi connectivity index (χ2v) is 7.52. The second-order valence-electron chi connectivity index (χ2n) is 6.45. The van der Waals surface area contributed by atoms with Crippen LogP contribution in [0.3, 0.4) is 0 Å². The van der Waals surface area contributed by atoms with Gasteiger partial charge >= 0.3 is 0 Å². The molecule has 1 amide bonds. The van der Waals surface area contributed by atoms with E-state index in [1.54, 1.807) is 18.9 Å². The van der Waals surface area contributed by atoms with Crippen molar-refractivity contribution in [3.63, 3.8) is 0 Å². The molecule has 1 aromatic rings. The minimum Gasteiger partial charge on any atom is -0.497 e. The summed E-state index contributed by atoms with van der Waals surface area (Å²) in [6.45, 7) is 10.5. The van der Waals surface area contributed by atoms with Gasteiger partial charge in [0.15, 0.2) is 0 Å². The number of nitrogens with zero attached hydrogens (tertiary/aromatic N) is 2. The molecular weight excluding hydrogens is 308 g/mol. The van der Waals surface area contributed by atoms with Crippen molar-refractivity contribution in [1.82, 2.24) is 9.80 Å². The highest BCUT2D eigenvalue weighted by Gasteiger charge is 2.33. The fourth-order valence-electron chi connectivity index (χ4n) is 3.08. The van der Waals surface area contributed by atoms with Crippen LogP contribution in [-0.4, -0.2) is 53.7 Å². The molecule has 1 aliphatic rings. The number of hydrogen-bond acceptors (Lipinski definition) is 4. The van der Waals surface area contributed by atoms with E-state index in [-0.39, 0.29) is 11.3 Å². The van der Waals surface area contributed by atoms with Gasteiger partial charge in [-0.2, -0.15) is 0 Å². The summed E-state index contributed by atoms with van der Waals surface area (Å²) >= 11 is 1.71. The maximum absolute atomic E-state index is 12.3. The van der Waals surface area contributed by atoms with E-state index in [1.807, 2.05) is 17.0 Å². The Bertz CT molecular complexity index is 508. The standard InChI is InChI=1S/C18H28N2O2S/c1-13(2)19(14(3)4)10-11-20-17(21)12-23-18(20)15-6-8-16(22-5)9-7-15/h6-9,13-14,18H,10-12H2,1-5H3. The molecule has 0 radical (unpaired) electrons. The number of thioether (sulfide) groups is 1. The highest BCUT2D eigenvalue weighted by molar-refractivity contribution is 8.00. The van der Waals surface area contributed by atoms with Crippen molar-refractivity contribution in [1.29, 1.82) is 0 Å². The molecular formula is C18H28N2O2S. The minimum atomic E-state index is 0.120. The zero-order valence-electron chi connectivity index (χ0n) is 14.8. The van der Waals surface area contributed by atoms with Gasteiger partial charge in [0.25, 0.3) is 0 Å². The largest absolute Gasteiger partial charge is 0.497 e. The molecule has 1 unspecified atom stereocenters. The van der Waals surface area contributed by atoms with Crippen molar-refractivity contribution in [2.45, 2.75) is 45.2 Å². The quantitative estimate of drug-likeness (QED) is 0.764. The average molecular weight is 337 g/mol.